The Kier molecular flexibility index (Phi) is 5.27. The maximum atomic E-state index is 13.4. The van der Waals surface area contributed by atoms with Crippen LogP contribution in [-0.4, -0.2) is 23.8 Å². The number of hydrogen-bond acceptors (Lipinski definition) is 5. The van der Waals surface area contributed by atoms with Crippen LogP contribution in [0.5, 0.6) is 5.75 Å². The van der Waals surface area contributed by atoms with E-state index in [4.69, 9.17) is 15.0 Å². The second kappa shape index (κ2) is 7.17. The number of ether oxygens (including phenoxy) is 1. The SMILES string of the molecule is COc1cc(-c2noc(CCC(C)CCN)n2)ccc1F. The molecule has 6 heteroatoms. The first kappa shape index (κ1) is 15.4. The zero-order valence-corrected chi connectivity index (χ0v) is 12.3. The van der Waals surface area contributed by atoms with Gasteiger partial charge in [0, 0.05) is 12.0 Å². The first-order chi connectivity index (χ1) is 10.1. The molecule has 0 amide bonds. The smallest absolute Gasteiger partial charge is 0.226 e. The molecule has 1 heterocycles. The number of hydrogen-bond donors (Lipinski definition) is 1. The summed E-state index contributed by atoms with van der Waals surface area (Å²) >= 11 is 0. The molecule has 114 valence electrons. The van der Waals surface area contributed by atoms with E-state index in [1.54, 1.807) is 12.1 Å². The molecule has 0 saturated carbocycles. The maximum Gasteiger partial charge on any atom is 0.226 e. The Morgan fingerprint density at radius 2 is 2.19 bits per heavy atom. The highest BCUT2D eigenvalue weighted by Gasteiger charge is 2.12. The highest BCUT2D eigenvalue weighted by Crippen LogP contribution is 2.24. The van der Waals surface area contributed by atoms with E-state index in [1.807, 2.05) is 0 Å². The molecular weight excluding hydrogens is 273 g/mol. The molecule has 0 aliphatic rings. The number of aryl methyl sites for hydroxylation is 1. The molecule has 0 saturated heterocycles. The van der Waals surface area contributed by atoms with Gasteiger partial charge in [-0.1, -0.05) is 12.1 Å². The second-order valence-electron chi connectivity index (χ2n) is 5.08. The monoisotopic (exact) mass is 293 g/mol. The van der Waals surface area contributed by atoms with Gasteiger partial charge in [-0.2, -0.15) is 4.98 Å². The summed E-state index contributed by atoms with van der Waals surface area (Å²) in [5.41, 5.74) is 6.19. The van der Waals surface area contributed by atoms with Crippen molar-refractivity contribution in [2.45, 2.75) is 26.2 Å². The van der Waals surface area contributed by atoms with Crippen LogP contribution in [0.3, 0.4) is 0 Å². The molecule has 1 atom stereocenters. The third kappa shape index (κ3) is 4.01. The molecule has 0 aliphatic carbocycles. The molecule has 0 fully saturated rings. The summed E-state index contributed by atoms with van der Waals surface area (Å²) in [6.07, 6.45) is 2.65. The van der Waals surface area contributed by atoms with E-state index in [2.05, 4.69) is 17.1 Å². The molecule has 1 unspecified atom stereocenters. The predicted octanol–water partition coefficient (Wildman–Crippen LogP) is 2.80. The van der Waals surface area contributed by atoms with Crippen LogP contribution in [0, 0.1) is 11.7 Å². The number of halogens is 1. The number of benzene rings is 1. The Labute approximate surface area is 123 Å². The van der Waals surface area contributed by atoms with Crippen molar-refractivity contribution < 1.29 is 13.7 Å². The van der Waals surface area contributed by atoms with E-state index in [0.29, 0.717) is 36.2 Å². The Balaban J connectivity index is 2.05. The number of nitrogens with zero attached hydrogens (tertiary/aromatic N) is 2. The fraction of sp³-hybridized carbons (Fsp3) is 0.467. The Bertz CT molecular complexity index is 586. The topological polar surface area (TPSA) is 74.2 Å². The van der Waals surface area contributed by atoms with Crippen molar-refractivity contribution in [3.05, 3.63) is 29.9 Å². The van der Waals surface area contributed by atoms with E-state index >= 15 is 0 Å². The van der Waals surface area contributed by atoms with Gasteiger partial charge in [0.2, 0.25) is 11.7 Å². The lowest BCUT2D eigenvalue weighted by atomic mass is 10.0. The summed E-state index contributed by atoms with van der Waals surface area (Å²) in [5, 5.41) is 3.93. The Morgan fingerprint density at radius 1 is 1.38 bits per heavy atom. The van der Waals surface area contributed by atoms with Crippen LogP contribution in [0.1, 0.15) is 25.7 Å². The van der Waals surface area contributed by atoms with Crippen molar-refractivity contribution in [3.8, 4) is 17.1 Å². The van der Waals surface area contributed by atoms with Gasteiger partial charge in [-0.15, -0.1) is 0 Å². The minimum absolute atomic E-state index is 0.162. The molecule has 1 aromatic carbocycles. The van der Waals surface area contributed by atoms with Crippen LogP contribution in [0.15, 0.2) is 22.7 Å². The van der Waals surface area contributed by atoms with E-state index in [-0.39, 0.29) is 5.75 Å². The quantitative estimate of drug-likeness (QED) is 0.849. The normalized spacial score (nSPS) is 12.4. The van der Waals surface area contributed by atoms with Gasteiger partial charge in [0.15, 0.2) is 11.6 Å². The summed E-state index contributed by atoms with van der Waals surface area (Å²) in [4.78, 5) is 4.33. The fourth-order valence-electron chi connectivity index (χ4n) is 2.07. The molecule has 0 aliphatic heterocycles. The lowest BCUT2D eigenvalue weighted by molar-refractivity contribution is 0.362. The summed E-state index contributed by atoms with van der Waals surface area (Å²) in [7, 11) is 1.42. The van der Waals surface area contributed by atoms with Crippen LogP contribution in [0.4, 0.5) is 4.39 Å². The molecule has 0 spiro atoms. The van der Waals surface area contributed by atoms with E-state index < -0.39 is 5.82 Å². The second-order valence-corrected chi connectivity index (χ2v) is 5.08. The van der Waals surface area contributed by atoms with Crippen LogP contribution in [0.25, 0.3) is 11.4 Å². The zero-order chi connectivity index (χ0) is 15.2. The van der Waals surface area contributed by atoms with Crippen molar-refractivity contribution in [3.63, 3.8) is 0 Å². The summed E-state index contributed by atoms with van der Waals surface area (Å²) in [6.45, 7) is 2.83. The minimum atomic E-state index is -0.416. The molecular formula is C15H20FN3O2. The third-order valence-electron chi connectivity index (χ3n) is 3.39. The summed E-state index contributed by atoms with van der Waals surface area (Å²) in [6, 6.07) is 4.48. The van der Waals surface area contributed by atoms with Gasteiger partial charge in [-0.3, -0.25) is 0 Å². The van der Waals surface area contributed by atoms with Crippen LogP contribution >= 0.6 is 0 Å². The molecule has 0 radical (unpaired) electrons. The van der Waals surface area contributed by atoms with Crippen molar-refractivity contribution in [1.82, 2.24) is 10.1 Å². The van der Waals surface area contributed by atoms with Crippen LogP contribution in [-0.2, 0) is 6.42 Å². The number of methoxy groups -OCH3 is 1. The first-order valence-corrected chi connectivity index (χ1v) is 7.00. The molecule has 2 aromatic rings. The molecule has 5 nitrogen and oxygen atoms in total. The number of rotatable bonds is 7. The third-order valence-corrected chi connectivity index (χ3v) is 3.39. The van der Waals surface area contributed by atoms with Gasteiger partial charge in [-0.05, 0) is 43.5 Å². The van der Waals surface area contributed by atoms with Crippen molar-refractivity contribution in [2.75, 3.05) is 13.7 Å². The van der Waals surface area contributed by atoms with E-state index in [9.17, 15) is 4.39 Å². The highest BCUT2D eigenvalue weighted by molar-refractivity contribution is 5.57. The first-order valence-electron chi connectivity index (χ1n) is 7.00. The number of aromatic nitrogens is 2. The number of nitrogens with two attached hydrogens (primary N) is 1. The standard InChI is InChI=1S/C15H20FN3O2/c1-10(7-8-17)3-6-14-18-15(19-21-14)11-4-5-12(16)13(9-11)20-2/h4-5,9-10H,3,6-8,17H2,1-2H3. The van der Waals surface area contributed by atoms with E-state index in [1.165, 1.54) is 13.2 Å². The Hall–Kier alpha value is -1.95. The predicted molar refractivity (Wildman–Crippen MR) is 77.4 cm³/mol. The van der Waals surface area contributed by atoms with E-state index in [0.717, 1.165) is 12.8 Å². The Morgan fingerprint density at radius 3 is 2.90 bits per heavy atom. The molecule has 1 aromatic heterocycles. The zero-order valence-electron chi connectivity index (χ0n) is 12.3. The lowest BCUT2D eigenvalue weighted by Gasteiger charge is -2.06. The highest BCUT2D eigenvalue weighted by atomic mass is 19.1. The summed E-state index contributed by atoms with van der Waals surface area (Å²) in [5.74, 6) is 1.29. The molecule has 21 heavy (non-hydrogen) atoms. The average molecular weight is 293 g/mol. The van der Waals surface area contributed by atoms with Crippen LogP contribution < -0.4 is 10.5 Å². The molecule has 2 rings (SSSR count). The van der Waals surface area contributed by atoms with Crippen molar-refractivity contribution >= 4 is 0 Å². The fourth-order valence-corrected chi connectivity index (χ4v) is 2.07. The van der Waals surface area contributed by atoms with Gasteiger partial charge in [0.1, 0.15) is 0 Å². The largest absolute Gasteiger partial charge is 0.494 e. The minimum Gasteiger partial charge on any atom is -0.494 e. The van der Waals surface area contributed by atoms with Gasteiger partial charge < -0.3 is 15.0 Å². The van der Waals surface area contributed by atoms with Crippen LogP contribution in [0.2, 0.25) is 0 Å². The maximum absolute atomic E-state index is 13.4. The lowest BCUT2D eigenvalue weighted by Crippen LogP contribution is -2.06. The average Bonchev–Trinajstić information content (AvgIpc) is 2.95. The van der Waals surface area contributed by atoms with Gasteiger partial charge in [0.25, 0.3) is 0 Å². The van der Waals surface area contributed by atoms with Gasteiger partial charge in [0.05, 0.1) is 7.11 Å². The van der Waals surface area contributed by atoms with Crippen molar-refractivity contribution in [2.24, 2.45) is 11.7 Å². The summed E-state index contributed by atoms with van der Waals surface area (Å²) < 4.78 is 23.5. The molecule has 0 bridgehead atoms. The van der Waals surface area contributed by atoms with Gasteiger partial charge >= 0.3 is 0 Å². The van der Waals surface area contributed by atoms with Gasteiger partial charge in [-0.25, -0.2) is 4.39 Å². The van der Waals surface area contributed by atoms with Crippen molar-refractivity contribution in [1.29, 1.82) is 0 Å². The molecule has 2 N–H and O–H groups in total.